The molecule has 0 aromatic carbocycles. The maximum Gasteiger partial charge on any atom is 0.0557 e. The van der Waals surface area contributed by atoms with Crippen molar-refractivity contribution < 1.29 is 0 Å². The second kappa shape index (κ2) is 7.58. The predicted molar refractivity (Wildman–Crippen MR) is 106 cm³/mol. The first-order valence-electron chi connectivity index (χ1n) is 7.55. The summed E-state index contributed by atoms with van der Waals surface area (Å²) < 4.78 is 3.33. The molecule has 0 radical (unpaired) electrons. The lowest BCUT2D eigenvalue weighted by Crippen LogP contribution is -2.03. The number of rotatable bonds is 4. The first-order chi connectivity index (χ1) is 9.85. The van der Waals surface area contributed by atoms with Crippen LogP contribution in [0, 0.1) is 0 Å². The molecular formula is C15H22S5. The Kier molecular flexibility index (Phi) is 6.06. The summed E-state index contributed by atoms with van der Waals surface area (Å²) in [4.78, 5) is 1.79. The molecule has 0 saturated heterocycles. The lowest BCUT2D eigenvalue weighted by atomic mass is 10.0. The summed E-state index contributed by atoms with van der Waals surface area (Å²) >= 11 is 4.18. The summed E-state index contributed by atoms with van der Waals surface area (Å²) in [6, 6.07) is 0. The molecule has 2 heterocycles. The molecule has 112 valence electrons. The monoisotopic (exact) mass is 362 g/mol. The first kappa shape index (κ1) is 16.0. The molecule has 20 heavy (non-hydrogen) atoms. The standard InChI is InChI=1S/C15H22S5/c1-3-16-14-11-9-7-5-6-8-10-12-13(11)20(18-14)19-15(12)17-4-2/h3-10H2,1-2H3. The van der Waals surface area contributed by atoms with Crippen molar-refractivity contribution in [1.29, 1.82) is 0 Å². The Morgan fingerprint density at radius 2 is 1.35 bits per heavy atom. The molecule has 5 heteroatoms. The van der Waals surface area contributed by atoms with Crippen molar-refractivity contribution in [2.24, 2.45) is 0 Å². The van der Waals surface area contributed by atoms with Crippen LogP contribution in [-0.4, -0.2) is 16.4 Å². The third-order valence-corrected chi connectivity index (χ3v) is 13.2. The van der Waals surface area contributed by atoms with Gasteiger partial charge < -0.3 is 0 Å². The van der Waals surface area contributed by atoms with Crippen LogP contribution in [0.3, 0.4) is 0 Å². The van der Waals surface area contributed by atoms with Crippen molar-refractivity contribution in [2.75, 3.05) is 11.5 Å². The Labute approximate surface area is 141 Å². The van der Waals surface area contributed by atoms with Crippen LogP contribution in [0.2, 0.25) is 0 Å². The van der Waals surface area contributed by atoms with Gasteiger partial charge in [0.2, 0.25) is 0 Å². The van der Waals surface area contributed by atoms with E-state index in [2.05, 4.69) is 59.0 Å². The highest BCUT2D eigenvalue weighted by molar-refractivity contribution is 9.18. The summed E-state index contributed by atoms with van der Waals surface area (Å²) in [6.45, 7) is 4.58. The molecule has 3 rings (SSSR count). The molecule has 1 fully saturated rings. The summed E-state index contributed by atoms with van der Waals surface area (Å²) in [5.74, 6) is 2.44. The van der Waals surface area contributed by atoms with E-state index < -0.39 is 0 Å². The maximum absolute atomic E-state index is 2.29. The van der Waals surface area contributed by atoms with Crippen LogP contribution in [0.5, 0.6) is 0 Å². The molecule has 0 bridgehead atoms. The predicted octanol–water partition coefficient (Wildman–Crippen LogP) is 7.03. The number of hydrogen-bond donors (Lipinski definition) is 0. The third-order valence-electron chi connectivity index (χ3n) is 3.66. The molecule has 0 N–H and O–H groups in total. The highest BCUT2D eigenvalue weighted by Crippen LogP contribution is 2.67. The molecule has 0 aromatic heterocycles. The number of hydrogen-bond acceptors (Lipinski definition) is 4. The fourth-order valence-corrected chi connectivity index (χ4v) is 14.9. The van der Waals surface area contributed by atoms with Crippen LogP contribution in [0.4, 0.5) is 0 Å². The van der Waals surface area contributed by atoms with Gasteiger partial charge in [0.05, 0.1) is 8.47 Å². The largest absolute Gasteiger partial charge is 0.118 e. The summed E-state index contributed by atoms with van der Waals surface area (Å²) in [6.07, 6.45) is 8.33. The Bertz CT molecular complexity index is 444. The first-order valence-corrected chi connectivity index (χ1v) is 13.4. The van der Waals surface area contributed by atoms with Crippen molar-refractivity contribution in [2.45, 2.75) is 52.4 Å². The average molecular weight is 363 g/mol. The van der Waals surface area contributed by atoms with E-state index in [0.717, 1.165) is 0 Å². The van der Waals surface area contributed by atoms with Gasteiger partial charge in [0.1, 0.15) is 0 Å². The van der Waals surface area contributed by atoms with Gasteiger partial charge in [-0.05, 0) is 69.9 Å². The lowest BCUT2D eigenvalue weighted by Gasteiger charge is -2.12. The van der Waals surface area contributed by atoms with Gasteiger partial charge >= 0.3 is 0 Å². The zero-order chi connectivity index (χ0) is 13.9. The Hall–Kier alpha value is 1.10. The molecule has 2 aliphatic heterocycles. The zero-order valence-electron chi connectivity index (χ0n) is 12.2. The van der Waals surface area contributed by atoms with Gasteiger partial charge in [0.15, 0.2) is 0 Å². The van der Waals surface area contributed by atoms with Gasteiger partial charge in [-0.2, -0.15) is 0 Å². The van der Waals surface area contributed by atoms with E-state index in [4.69, 9.17) is 0 Å². The summed E-state index contributed by atoms with van der Waals surface area (Å²) in [5.41, 5.74) is 3.50. The second-order valence-electron chi connectivity index (χ2n) is 5.04. The molecule has 1 aliphatic carbocycles. The minimum Gasteiger partial charge on any atom is -0.118 e. The molecule has 0 atom stereocenters. The van der Waals surface area contributed by atoms with Crippen molar-refractivity contribution in [3.63, 3.8) is 0 Å². The van der Waals surface area contributed by atoms with Gasteiger partial charge in [0.25, 0.3) is 0 Å². The van der Waals surface area contributed by atoms with Crippen LogP contribution in [0.15, 0.2) is 19.6 Å². The van der Waals surface area contributed by atoms with E-state index in [0.29, 0.717) is 8.55 Å². The fraction of sp³-hybridized carbons (Fsp3) is 0.667. The van der Waals surface area contributed by atoms with Gasteiger partial charge in [0, 0.05) is 4.86 Å². The summed E-state index contributed by atoms with van der Waals surface area (Å²) in [7, 11) is 4.75. The van der Waals surface area contributed by atoms with Gasteiger partial charge in [-0.3, -0.25) is 0 Å². The van der Waals surface area contributed by atoms with Crippen molar-refractivity contribution in [1.82, 2.24) is 0 Å². The molecular weight excluding hydrogens is 340 g/mol. The molecule has 0 spiro atoms. The normalized spacial score (nSPS) is 24.0. The van der Waals surface area contributed by atoms with E-state index in [9.17, 15) is 0 Å². The quantitative estimate of drug-likeness (QED) is 0.388. The van der Waals surface area contributed by atoms with Crippen LogP contribution >= 0.6 is 53.7 Å². The molecule has 0 nitrogen and oxygen atoms in total. The average Bonchev–Trinajstić information content (AvgIpc) is 2.94. The summed E-state index contributed by atoms with van der Waals surface area (Å²) in [5, 5.41) is 0. The molecule has 0 amide bonds. The Morgan fingerprint density at radius 1 is 0.850 bits per heavy atom. The van der Waals surface area contributed by atoms with Gasteiger partial charge in [-0.1, -0.05) is 35.2 Å². The third kappa shape index (κ3) is 3.22. The maximum atomic E-state index is 2.29. The van der Waals surface area contributed by atoms with E-state index in [1.54, 1.807) is 24.5 Å². The van der Waals surface area contributed by atoms with Crippen LogP contribution < -0.4 is 0 Å². The highest BCUT2D eigenvalue weighted by atomic mass is 33.5. The Morgan fingerprint density at radius 3 is 1.80 bits per heavy atom. The smallest absolute Gasteiger partial charge is 0.0557 e. The van der Waals surface area contributed by atoms with Crippen LogP contribution in [-0.2, 0) is 0 Å². The Balaban J connectivity index is 1.96. The SMILES string of the molecule is CCSC1=C2CCCCCCC3=C(SCC)SS(=C23)S1. The van der Waals surface area contributed by atoms with Crippen molar-refractivity contribution in [3.8, 4) is 0 Å². The van der Waals surface area contributed by atoms with E-state index in [-0.39, 0.29) is 0 Å². The van der Waals surface area contributed by atoms with Crippen LogP contribution in [0.1, 0.15) is 52.4 Å². The number of allylic oxidation sites excluding steroid dienone is 2. The molecule has 0 aromatic rings. The van der Waals surface area contributed by atoms with E-state index in [1.807, 2.05) is 0 Å². The second-order valence-corrected chi connectivity index (χ2v) is 13.8. The molecule has 1 saturated carbocycles. The van der Waals surface area contributed by atoms with E-state index >= 15 is 0 Å². The topological polar surface area (TPSA) is 0 Å². The van der Waals surface area contributed by atoms with Gasteiger partial charge in [-0.25, -0.2) is 0 Å². The van der Waals surface area contributed by atoms with Crippen LogP contribution in [0.25, 0.3) is 0 Å². The zero-order valence-corrected chi connectivity index (χ0v) is 16.3. The van der Waals surface area contributed by atoms with Crippen molar-refractivity contribution >= 4 is 58.5 Å². The van der Waals surface area contributed by atoms with E-state index in [1.165, 1.54) is 50.0 Å². The highest BCUT2D eigenvalue weighted by Gasteiger charge is 2.34. The van der Waals surface area contributed by atoms with Gasteiger partial charge in [-0.15, -0.1) is 23.5 Å². The molecule has 0 unspecified atom stereocenters. The number of thioether (sulfide) groups is 2. The minimum atomic E-state index is 0.394. The fourth-order valence-electron chi connectivity index (χ4n) is 2.78. The minimum absolute atomic E-state index is 0.394. The lowest BCUT2D eigenvalue weighted by molar-refractivity contribution is 0.652. The molecule has 3 aliphatic rings. The van der Waals surface area contributed by atoms with Crippen molar-refractivity contribution in [3.05, 3.63) is 19.6 Å².